The third-order valence-electron chi connectivity index (χ3n) is 2.48. The molecule has 180 valence electrons. The van der Waals surface area contributed by atoms with E-state index in [0.717, 1.165) is 0 Å². The van der Waals surface area contributed by atoms with Crippen LogP contribution in [0.3, 0.4) is 0 Å². The van der Waals surface area contributed by atoms with Crippen LogP contribution in [0.2, 0.25) is 20.1 Å². The van der Waals surface area contributed by atoms with Crippen molar-refractivity contribution < 1.29 is 67.7 Å². The van der Waals surface area contributed by atoms with Gasteiger partial charge in [0.25, 0.3) is 0 Å². The summed E-state index contributed by atoms with van der Waals surface area (Å²) in [6, 6.07) is 9.03. The van der Waals surface area contributed by atoms with Gasteiger partial charge in [-0.3, -0.25) is 0 Å². The molecule has 0 aliphatic rings. The number of hydrogen-bond donors (Lipinski definition) is 0. The zero-order valence-electron chi connectivity index (χ0n) is 15.5. The SMILES string of the molecule is O=C([O-])COc1ccc(Cl)cc1Cl.O=C([O-])COc1ccc(Cl)cc1Cl.[Ni+2].[OH3+].[OH3+].[OH3+].[OH3+]. The molecule has 0 saturated carbocycles. The second-order valence-corrected chi connectivity index (χ2v) is 6.16. The minimum Gasteiger partial charge on any atom is -0.546 e. The summed E-state index contributed by atoms with van der Waals surface area (Å²) in [4.78, 5) is 20.1. The van der Waals surface area contributed by atoms with Crippen molar-refractivity contribution >= 4 is 58.3 Å². The van der Waals surface area contributed by atoms with Crippen molar-refractivity contribution in [2.45, 2.75) is 0 Å². The number of hydrogen-bond acceptors (Lipinski definition) is 6. The van der Waals surface area contributed by atoms with Gasteiger partial charge in [0.15, 0.2) is 0 Å². The zero-order chi connectivity index (χ0) is 19.7. The van der Waals surface area contributed by atoms with E-state index >= 15 is 0 Å². The first-order chi connectivity index (χ1) is 12.2. The summed E-state index contributed by atoms with van der Waals surface area (Å²) in [6.07, 6.45) is 0. The average molecular weight is 575 g/mol. The van der Waals surface area contributed by atoms with E-state index in [1.54, 1.807) is 12.1 Å². The van der Waals surface area contributed by atoms with Crippen LogP contribution in [0, 0.1) is 0 Å². The van der Waals surface area contributed by atoms with Gasteiger partial charge in [-0.2, -0.15) is 0 Å². The molecule has 31 heavy (non-hydrogen) atoms. The predicted molar refractivity (Wildman–Crippen MR) is 113 cm³/mol. The first-order valence-electron chi connectivity index (χ1n) is 6.74. The third-order valence-corrected chi connectivity index (χ3v) is 3.54. The van der Waals surface area contributed by atoms with Crippen LogP contribution in [0.15, 0.2) is 36.4 Å². The molecule has 0 aliphatic carbocycles. The molecule has 0 saturated heterocycles. The number of benzene rings is 2. The Bertz CT molecular complexity index is 729. The molecule has 0 radical (unpaired) electrons. The Kier molecular flexibility index (Phi) is 26.2. The van der Waals surface area contributed by atoms with E-state index in [1.165, 1.54) is 24.3 Å². The van der Waals surface area contributed by atoms with Gasteiger partial charge < -0.3 is 51.2 Å². The minimum atomic E-state index is -1.30. The molecule has 2 aromatic carbocycles. The molecule has 2 rings (SSSR count). The van der Waals surface area contributed by atoms with Crippen LogP contribution >= 0.6 is 46.4 Å². The van der Waals surface area contributed by atoms with Gasteiger partial charge in [-0.25, -0.2) is 0 Å². The monoisotopic (exact) mass is 572 g/mol. The zero-order valence-corrected chi connectivity index (χ0v) is 19.5. The molecule has 0 aromatic heterocycles. The van der Waals surface area contributed by atoms with E-state index in [-0.39, 0.29) is 59.9 Å². The molecule has 0 atom stereocenters. The van der Waals surface area contributed by atoms with E-state index in [4.69, 9.17) is 55.9 Å². The van der Waals surface area contributed by atoms with Crippen molar-refractivity contribution in [2.75, 3.05) is 13.2 Å². The van der Waals surface area contributed by atoms with Crippen molar-refractivity contribution in [3.63, 3.8) is 0 Å². The summed E-state index contributed by atoms with van der Waals surface area (Å²) in [5, 5.41) is 21.6. The van der Waals surface area contributed by atoms with E-state index in [2.05, 4.69) is 0 Å². The molecule has 0 unspecified atom stereocenters. The van der Waals surface area contributed by atoms with Crippen LogP contribution < -0.4 is 19.7 Å². The van der Waals surface area contributed by atoms with Gasteiger partial charge in [0, 0.05) is 10.0 Å². The number of ether oxygens (including phenoxy) is 2. The fourth-order valence-corrected chi connectivity index (χ4v) is 2.38. The topological polar surface area (TPSA) is 231 Å². The molecule has 0 heterocycles. The van der Waals surface area contributed by atoms with Crippen LogP contribution in [0.5, 0.6) is 11.5 Å². The Labute approximate surface area is 206 Å². The number of carbonyl (C=O) groups excluding carboxylic acids is 2. The van der Waals surface area contributed by atoms with Crippen LogP contribution in [0.25, 0.3) is 0 Å². The van der Waals surface area contributed by atoms with E-state index in [1.807, 2.05) is 0 Å². The van der Waals surface area contributed by atoms with Crippen LogP contribution in [-0.4, -0.2) is 25.2 Å². The number of carboxylic acid groups (broad SMARTS) is 2. The largest absolute Gasteiger partial charge is 2.00 e. The van der Waals surface area contributed by atoms with E-state index < -0.39 is 25.2 Å². The van der Waals surface area contributed by atoms with Crippen molar-refractivity contribution in [3.05, 3.63) is 56.5 Å². The number of aliphatic carboxylic acids is 2. The Morgan fingerprint density at radius 2 is 0.968 bits per heavy atom. The summed E-state index contributed by atoms with van der Waals surface area (Å²) in [5.41, 5.74) is 0. The van der Waals surface area contributed by atoms with Gasteiger partial charge in [-0.1, -0.05) is 46.4 Å². The summed E-state index contributed by atoms with van der Waals surface area (Å²) < 4.78 is 9.60. The van der Waals surface area contributed by atoms with Crippen LogP contribution in [-0.2, 0) is 48.0 Å². The maximum absolute atomic E-state index is 10.0. The second kappa shape index (κ2) is 20.4. The van der Waals surface area contributed by atoms with Gasteiger partial charge in [-0.05, 0) is 36.4 Å². The Hall–Kier alpha value is -1.53. The molecule has 0 fully saturated rings. The second-order valence-electron chi connectivity index (χ2n) is 4.47. The van der Waals surface area contributed by atoms with Crippen molar-refractivity contribution in [1.29, 1.82) is 0 Å². The Morgan fingerprint density at radius 3 is 1.19 bits per heavy atom. The quantitative estimate of drug-likeness (QED) is 0.295. The molecule has 12 N–H and O–H groups in total. The maximum atomic E-state index is 10.0. The molecule has 10 nitrogen and oxygen atoms in total. The number of carbonyl (C=O) groups is 2. The fourth-order valence-electron chi connectivity index (χ4n) is 1.46. The van der Waals surface area contributed by atoms with Crippen LogP contribution in [0.1, 0.15) is 0 Å². The molecule has 2 aromatic rings. The van der Waals surface area contributed by atoms with E-state index in [9.17, 15) is 19.8 Å². The van der Waals surface area contributed by atoms with Gasteiger partial charge in [0.2, 0.25) is 0 Å². The van der Waals surface area contributed by atoms with Crippen molar-refractivity contribution in [3.8, 4) is 11.5 Å². The van der Waals surface area contributed by atoms with Gasteiger partial charge in [-0.15, -0.1) is 0 Å². The molecule has 0 aliphatic heterocycles. The standard InChI is InChI=1S/2C8H6Cl2O3.Ni.4H2O/c2*9-5-1-2-7(6(10)3-5)13-4-8(11)12;;;;;/h2*1-3H,4H2,(H,11,12);;4*1H2/q;;+2;;;;/p+2. The Morgan fingerprint density at radius 1 is 0.677 bits per heavy atom. The van der Waals surface area contributed by atoms with Crippen LogP contribution in [0.4, 0.5) is 0 Å². The maximum Gasteiger partial charge on any atom is 2.00 e. The normalized spacial score (nSPS) is 8.13. The van der Waals surface area contributed by atoms with Gasteiger partial charge in [0.1, 0.15) is 24.7 Å². The summed E-state index contributed by atoms with van der Waals surface area (Å²) in [6.45, 7) is -1.05. The first-order valence-corrected chi connectivity index (χ1v) is 8.25. The number of halogens is 4. The molecular formula is C16H22Cl4NiO10+4. The molecular weight excluding hydrogens is 553 g/mol. The minimum absolute atomic E-state index is 0. The summed E-state index contributed by atoms with van der Waals surface area (Å²) in [7, 11) is 0. The molecule has 15 heteroatoms. The van der Waals surface area contributed by atoms with E-state index in [0.29, 0.717) is 10.0 Å². The van der Waals surface area contributed by atoms with Crippen molar-refractivity contribution in [1.82, 2.24) is 0 Å². The number of carboxylic acids is 2. The summed E-state index contributed by atoms with van der Waals surface area (Å²) in [5.74, 6) is -2.05. The first kappa shape index (κ1) is 39.9. The number of rotatable bonds is 6. The Balaban J connectivity index is -0.000000125. The molecule has 0 bridgehead atoms. The van der Waals surface area contributed by atoms with Gasteiger partial charge >= 0.3 is 16.5 Å². The molecule has 0 amide bonds. The predicted octanol–water partition coefficient (Wildman–Crippen LogP) is -1.45. The van der Waals surface area contributed by atoms with Crippen molar-refractivity contribution in [2.24, 2.45) is 0 Å². The third kappa shape index (κ3) is 16.8. The smallest absolute Gasteiger partial charge is 0.546 e. The summed E-state index contributed by atoms with van der Waals surface area (Å²) >= 11 is 22.6. The fraction of sp³-hybridized carbons (Fsp3) is 0.125. The molecule has 0 spiro atoms. The van der Waals surface area contributed by atoms with Gasteiger partial charge in [0.05, 0.1) is 22.0 Å². The average Bonchev–Trinajstić information content (AvgIpc) is 2.53.